The largest absolute Gasteiger partial charge is 0.452 e. The van der Waals surface area contributed by atoms with E-state index in [0.717, 1.165) is 5.56 Å². The topological polar surface area (TPSA) is 55.4 Å². The number of ether oxygens (including phenoxy) is 1. The number of hydrogen-bond acceptors (Lipinski definition) is 3. The van der Waals surface area contributed by atoms with E-state index in [9.17, 15) is 9.59 Å². The summed E-state index contributed by atoms with van der Waals surface area (Å²) in [4.78, 5) is 23.2. The van der Waals surface area contributed by atoms with E-state index >= 15 is 0 Å². The second-order valence-electron chi connectivity index (χ2n) is 4.41. The minimum atomic E-state index is -0.579. The molecule has 0 aliphatic heterocycles. The summed E-state index contributed by atoms with van der Waals surface area (Å²) in [6.45, 7) is -0.357. The maximum atomic E-state index is 11.6. The third-order valence-electron chi connectivity index (χ3n) is 2.67. The molecule has 0 bridgehead atoms. The number of esters is 1. The highest BCUT2D eigenvalue weighted by Gasteiger charge is 2.05. The number of hydrogen-bond donors (Lipinski definition) is 1. The van der Waals surface area contributed by atoms with Gasteiger partial charge in [0.2, 0.25) is 0 Å². The van der Waals surface area contributed by atoms with Gasteiger partial charge in [0.1, 0.15) is 0 Å². The number of halogens is 1. The first-order chi connectivity index (χ1) is 10.6. The van der Waals surface area contributed by atoms with Crippen molar-refractivity contribution in [2.24, 2.45) is 0 Å². The summed E-state index contributed by atoms with van der Waals surface area (Å²) < 4.78 is 4.86. The van der Waals surface area contributed by atoms with Crippen LogP contribution in [0.5, 0.6) is 0 Å². The van der Waals surface area contributed by atoms with Gasteiger partial charge in [-0.3, -0.25) is 4.79 Å². The molecule has 2 aromatic carbocycles. The maximum Gasteiger partial charge on any atom is 0.331 e. The summed E-state index contributed by atoms with van der Waals surface area (Å²) >= 11 is 5.81. The number of benzene rings is 2. The fraction of sp³-hybridized carbons (Fsp3) is 0.0588. The molecule has 0 aromatic heterocycles. The Labute approximate surface area is 133 Å². The molecule has 0 saturated carbocycles. The van der Waals surface area contributed by atoms with Gasteiger partial charge >= 0.3 is 5.97 Å². The van der Waals surface area contributed by atoms with Crippen molar-refractivity contribution in [2.45, 2.75) is 0 Å². The Hall–Kier alpha value is -2.59. The highest BCUT2D eigenvalue weighted by Crippen LogP contribution is 2.14. The zero-order valence-corrected chi connectivity index (χ0v) is 12.4. The normalized spacial score (nSPS) is 10.4. The molecule has 112 valence electrons. The molecule has 0 fully saturated rings. The van der Waals surface area contributed by atoms with Crippen LogP contribution in [0.15, 0.2) is 60.7 Å². The zero-order chi connectivity index (χ0) is 15.8. The predicted octanol–water partition coefficient (Wildman–Crippen LogP) is 3.54. The number of rotatable bonds is 5. The molecule has 1 N–H and O–H groups in total. The minimum absolute atomic E-state index is 0.357. The van der Waals surface area contributed by atoms with Gasteiger partial charge in [-0.05, 0) is 29.8 Å². The lowest BCUT2D eigenvalue weighted by molar-refractivity contribution is -0.142. The second-order valence-corrected chi connectivity index (χ2v) is 4.85. The summed E-state index contributed by atoms with van der Waals surface area (Å²) in [5.74, 6) is -1.01. The Bertz CT molecular complexity index is 683. The summed E-state index contributed by atoms with van der Waals surface area (Å²) in [7, 11) is 0. The molecule has 0 heterocycles. The molecular formula is C17H14ClNO3. The molecular weight excluding hydrogens is 302 g/mol. The van der Waals surface area contributed by atoms with Gasteiger partial charge in [-0.1, -0.05) is 48.0 Å². The fourth-order valence-electron chi connectivity index (χ4n) is 1.68. The van der Waals surface area contributed by atoms with Crippen LogP contribution in [0.4, 0.5) is 5.69 Å². The van der Waals surface area contributed by atoms with Crippen molar-refractivity contribution in [1.82, 2.24) is 0 Å². The number of anilines is 1. The third-order valence-corrected chi connectivity index (χ3v) is 2.90. The van der Waals surface area contributed by atoms with Crippen LogP contribution >= 0.6 is 11.6 Å². The van der Waals surface area contributed by atoms with Crippen LogP contribution in [0.2, 0.25) is 5.02 Å². The predicted molar refractivity (Wildman–Crippen MR) is 86.5 cm³/mol. The quantitative estimate of drug-likeness (QED) is 0.678. The molecule has 4 nitrogen and oxygen atoms in total. The van der Waals surface area contributed by atoms with Crippen molar-refractivity contribution in [1.29, 1.82) is 0 Å². The van der Waals surface area contributed by atoms with Gasteiger partial charge in [0.25, 0.3) is 5.91 Å². The molecule has 0 unspecified atom stereocenters. The third kappa shape index (κ3) is 5.42. The van der Waals surface area contributed by atoms with Crippen molar-refractivity contribution < 1.29 is 14.3 Å². The summed E-state index contributed by atoms with van der Waals surface area (Å²) in [6, 6.07) is 16.0. The van der Waals surface area contributed by atoms with Crippen LogP contribution in [-0.4, -0.2) is 18.5 Å². The summed E-state index contributed by atoms with van der Waals surface area (Å²) in [6.07, 6.45) is 2.90. The minimum Gasteiger partial charge on any atom is -0.452 e. The van der Waals surface area contributed by atoms with Crippen molar-refractivity contribution in [3.63, 3.8) is 0 Å². The van der Waals surface area contributed by atoms with Gasteiger partial charge in [0, 0.05) is 16.8 Å². The summed E-state index contributed by atoms with van der Waals surface area (Å²) in [5.41, 5.74) is 1.43. The molecule has 22 heavy (non-hydrogen) atoms. The number of carbonyl (C=O) groups excluding carboxylic acids is 2. The first kappa shape index (κ1) is 15.8. The molecule has 0 atom stereocenters. The Kier molecular flexibility index (Phi) is 5.74. The molecule has 0 aliphatic rings. The van der Waals surface area contributed by atoms with Gasteiger partial charge in [-0.15, -0.1) is 0 Å². The van der Waals surface area contributed by atoms with E-state index in [4.69, 9.17) is 16.3 Å². The lowest BCUT2D eigenvalue weighted by Crippen LogP contribution is -2.20. The number of carbonyl (C=O) groups is 2. The molecule has 0 aliphatic carbocycles. The van der Waals surface area contributed by atoms with E-state index < -0.39 is 11.9 Å². The van der Waals surface area contributed by atoms with Gasteiger partial charge in [0.05, 0.1) is 0 Å². The molecule has 0 saturated heterocycles. The Morgan fingerprint density at radius 2 is 1.86 bits per heavy atom. The molecule has 2 rings (SSSR count). The molecule has 5 heteroatoms. The van der Waals surface area contributed by atoms with Crippen molar-refractivity contribution in [3.05, 3.63) is 71.3 Å². The van der Waals surface area contributed by atoms with E-state index in [2.05, 4.69) is 5.32 Å². The number of nitrogens with one attached hydrogen (secondary N) is 1. The van der Waals surface area contributed by atoms with E-state index in [-0.39, 0.29) is 6.61 Å². The van der Waals surface area contributed by atoms with Crippen LogP contribution in [0.1, 0.15) is 5.56 Å². The average molecular weight is 316 g/mol. The van der Waals surface area contributed by atoms with Crippen LogP contribution in [0.3, 0.4) is 0 Å². The highest BCUT2D eigenvalue weighted by atomic mass is 35.5. The van der Waals surface area contributed by atoms with Gasteiger partial charge in [-0.25, -0.2) is 4.79 Å². The standard InChI is InChI=1S/C17H14ClNO3/c18-14-7-4-8-15(11-14)19-16(20)12-22-17(21)10-9-13-5-2-1-3-6-13/h1-11H,12H2,(H,19,20)/b10-9+. The van der Waals surface area contributed by atoms with Crippen molar-refractivity contribution in [2.75, 3.05) is 11.9 Å². The Balaban J connectivity index is 1.78. The van der Waals surface area contributed by atoms with Crippen molar-refractivity contribution in [3.8, 4) is 0 Å². The first-order valence-corrected chi connectivity index (χ1v) is 6.96. The molecule has 0 spiro atoms. The lowest BCUT2D eigenvalue weighted by Gasteiger charge is -2.05. The highest BCUT2D eigenvalue weighted by molar-refractivity contribution is 6.30. The van der Waals surface area contributed by atoms with Crippen LogP contribution in [0.25, 0.3) is 6.08 Å². The van der Waals surface area contributed by atoms with Crippen molar-refractivity contribution >= 4 is 35.2 Å². The van der Waals surface area contributed by atoms with E-state index in [1.54, 1.807) is 30.3 Å². The van der Waals surface area contributed by atoms with Gasteiger partial charge in [0.15, 0.2) is 6.61 Å². The maximum absolute atomic E-state index is 11.6. The average Bonchev–Trinajstić information content (AvgIpc) is 2.52. The lowest BCUT2D eigenvalue weighted by atomic mass is 10.2. The smallest absolute Gasteiger partial charge is 0.331 e. The fourth-order valence-corrected chi connectivity index (χ4v) is 1.87. The Morgan fingerprint density at radius 3 is 2.59 bits per heavy atom. The number of amides is 1. The van der Waals surface area contributed by atoms with Gasteiger partial charge in [-0.2, -0.15) is 0 Å². The van der Waals surface area contributed by atoms with Crippen LogP contribution < -0.4 is 5.32 Å². The molecule has 2 aromatic rings. The molecule has 1 amide bonds. The summed E-state index contributed by atoms with van der Waals surface area (Å²) in [5, 5.41) is 3.10. The Morgan fingerprint density at radius 1 is 1.09 bits per heavy atom. The zero-order valence-electron chi connectivity index (χ0n) is 11.7. The van der Waals surface area contributed by atoms with E-state index in [1.807, 2.05) is 30.3 Å². The van der Waals surface area contributed by atoms with Crippen LogP contribution in [0, 0.1) is 0 Å². The SMILES string of the molecule is O=C(COC(=O)/C=C/c1ccccc1)Nc1cccc(Cl)c1. The van der Waals surface area contributed by atoms with E-state index in [0.29, 0.717) is 10.7 Å². The first-order valence-electron chi connectivity index (χ1n) is 6.59. The second kappa shape index (κ2) is 8.00. The molecule has 0 radical (unpaired) electrons. The van der Waals surface area contributed by atoms with Gasteiger partial charge < -0.3 is 10.1 Å². The van der Waals surface area contributed by atoms with Crippen LogP contribution in [-0.2, 0) is 14.3 Å². The monoisotopic (exact) mass is 315 g/mol. The van der Waals surface area contributed by atoms with E-state index in [1.165, 1.54) is 6.08 Å².